The summed E-state index contributed by atoms with van der Waals surface area (Å²) >= 11 is 1.45. The van der Waals surface area contributed by atoms with Gasteiger partial charge in [0, 0.05) is 11.9 Å². The van der Waals surface area contributed by atoms with E-state index in [1.807, 2.05) is 6.92 Å². The summed E-state index contributed by atoms with van der Waals surface area (Å²) < 4.78 is 17.8. The van der Waals surface area contributed by atoms with Crippen LogP contribution in [0.2, 0.25) is 0 Å². The molecule has 0 N–H and O–H groups in total. The molecule has 0 aliphatic rings. The Bertz CT molecular complexity index is 373. The number of carbonyl (C=O) groups is 1. The van der Waals surface area contributed by atoms with Crippen LogP contribution in [0.5, 0.6) is 0 Å². The highest BCUT2D eigenvalue weighted by atomic mass is 32.2. The number of ether oxygens (including phenoxy) is 1. The molecule has 0 saturated carbocycles. The Labute approximate surface area is 105 Å². The molecular formula is C12H16FNO2S. The molecule has 0 fully saturated rings. The van der Waals surface area contributed by atoms with Crippen molar-refractivity contribution in [3.63, 3.8) is 0 Å². The van der Waals surface area contributed by atoms with E-state index >= 15 is 0 Å². The maximum absolute atomic E-state index is 12.9. The lowest BCUT2D eigenvalue weighted by Gasteiger charge is -2.12. The maximum Gasteiger partial charge on any atom is 0.319 e. The SMILES string of the molecule is CCOC(=O)[C@@H](CC)SCc1cncc(F)c1. The molecule has 0 spiro atoms. The monoisotopic (exact) mass is 257 g/mol. The predicted octanol–water partition coefficient (Wildman–Crippen LogP) is 2.80. The van der Waals surface area contributed by atoms with E-state index in [0.717, 1.165) is 11.8 Å². The second kappa shape index (κ2) is 7.27. The Morgan fingerprint density at radius 2 is 2.29 bits per heavy atom. The summed E-state index contributed by atoms with van der Waals surface area (Å²) in [6, 6.07) is 1.43. The van der Waals surface area contributed by atoms with Gasteiger partial charge in [0.25, 0.3) is 0 Å². The molecule has 1 atom stereocenters. The molecule has 3 nitrogen and oxygen atoms in total. The van der Waals surface area contributed by atoms with Crippen LogP contribution < -0.4 is 0 Å². The van der Waals surface area contributed by atoms with E-state index < -0.39 is 0 Å². The first-order valence-corrected chi connectivity index (χ1v) is 6.59. The molecule has 0 aromatic carbocycles. The lowest BCUT2D eigenvalue weighted by molar-refractivity contribution is -0.142. The molecule has 0 radical (unpaired) electrons. The summed E-state index contributed by atoms with van der Waals surface area (Å²) in [6.45, 7) is 4.10. The van der Waals surface area contributed by atoms with Gasteiger partial charge in [0.1, 0.15) is 11.1 Å². The van der Waals surface area contributed by atoms with Crippen molar-refractivity contribution in [2.45, 2.75) is 31.3 Å². The highest BCUT2D eigenvalue weighted by molar-refractivity contribution is 7.99. The number of aromatic nitrogens is 1. The van der Waals surface area contributed by atoms with Gasteiger partial charge in [0.05, 0.1) is 12.8 Å². The lowest BCUT2D eigenvalue weighted by atomic mass is 10.3. The second-order valence-corrected chi connectivity index (χ2v) is 4.66. The zero-order valence-electron chi connectivity index (χ0n) is 9.98. The molecule has 0 aliphatic carbocycles. The molecule has 0 unspecified atom stereocenters. The molecule has 0 amide bonds. The largest absolute Gasteiger partial charge is 0.465 e. The van der Waals surface area contributed by atoms with E-state index in [2.05, 4.69) is 4.98 Å². The van der Waals surface area contributed by atoms with Crippen molar-refractivity contribution < 1.29 is 13.9 Å². The third-order valence-electron chi connectivity index (χ3n) is 2.13. The average molecular weight is 257 g/mol. The highest BCUT2D eigenvalue weighted by Crippen LogP contribution is 2.21. The van der Waals surface area contributed by atoms with Gasteiger partial charge in [-0.15, -0.1) is 11.8 Å². The van der Waals surface area contributed by atoms with Crippen molar-refractivity contribution in [1.29, 1.82) is 0 Å². The molecule has 1 rings (SSSR count). The standard InChI is InChI=1S/C12H16FNO2S/c1-3-11(12(15)16-4-2)17-8-9-5-10(13)7-14-6-9/h5-7,11H,3-4,8H2,1-2H3/t11-/m1/s1. The number of pyridine rings is 1. The summed E-state index contributed by atoms with van der Waals surface area (Å²) in [5.74, 6) is -0.00104. The van der Waals surface area contributed by atoms with Gasteiger partial charge in [0.2, 0.25) is 0 Å². The third kappa shape index (κ3) is 4.73. The van der Waals surface area contributed by atoms with Gasteiger partial charge < -0.3 is 4.74 Å². The van der Waals surface area contributed by atoms with E-state index in [4.69, 9.17) is 4.74 Å². The number of hydrogen-bond donors (Lipinski definition) is 0. The van der Waals surface area contributed by atoms with Crippen molar-refractivity contribution >= 4 is 17.7 Å². The van der Waals surface area contributed by atoms with Gasteiger partial charge in [-0.05, 0) is 25.0 Å². The minimum atomic E-state index is -0.354. The van der Waals surface area contributed by atoms with Crippen LogP contribution in [-0.4, -0.2) is 22.8 Å². The number of thioether (sulfide) groups is 1. The number of halogens is 1. The Morgan fingerprint density at radius 1 is 1.53 bits per heavy atom. The molecule has 5 heteroatoms. The average Bonchev–Trinajstić information content (AvgIpc) is 2.30. The smallest absolute Gasteiger partial charge is 0.319 e. The zero-order valence-corrected chi connectivity index (χ0v) is 10.8. The van der Waals surface area contributed by atoms with Crippen molar-refractivity contribution in [3.05, 3.63) is 29.8 Å². The van der Waals surface area contributed by atoms with Gasteiger partial charge in [-0.3, -0.25) is 9.78 Å². The fourth-order valence-corrected chi connectivity index (χ4v) is 2.31. The predicted molar refractivity (Wildman–Crippen MR) is 66.2 cm³/mol. The van der Waals surface area contributed by atoms with Crippen molar-refractivity contribution in [2.75, 3.05) is 6.61 Å². The summed E-state index contributed by atoms with van der Waals surface area (Å²) in [4.78, 5) is 15.3. The number of hydrogen-bond acceptors (Lipinski definition) is 4. The molecule has 1 heterocycles. The molecule has 0 bridgehead atoms. The Kier molecular flexibility index (Phi) is 5.97. The van der Waals surface area contributed by atoms with Crippen LogP contribution in [0.15, 0.2) is 18.5 Å². The number of esters is 1. The first-order valence-electron chi connectivity index (χ1n) is 5.55. The molecular weight excluding hydrogens is 241 g/mol. The molecule has 17 heavy (non-hydrogen) atoms. The van der Waals surface area contributed by atoms with Crippen LogP contribution in [-0.2, 0) is 15.3 Å². The first kappa shape index (κ1) is 14.0. The summed E-state index contributed by atoms with van der Waals surface area (Å²) in [5, 5.41) is -0.196. The quantitative estimate of drug-likeness (QED) is 0.735. The van der Waals surface area contributed by atoms with E-state index in [0.29, 0.717) is 18.8 Å². The minimum absolute atomic E-state index is 0.196. The van der Waals surface area contributed by atoms with E-state index in [-0.39, 0.29) is 17.0 Å². The highest BCUT2D eigenvalue weighted by Gasteiger charge is 2.18. The van der Waals surface area contributed by atoms with Gasteiger partial charge in [0.15, 0.2) is 0 Å². The minimum Gasteiger partial charge on any atom is -0.465 e. The Hall–Kier alpha value is -1.10. The summed E-state index contributed by atoms with van der Waals surface area (Å²) in [7, 11) is 0. The normalized spacial score (nSPS) is 12.2. The van der Waals surface area contributed by atoms with E-state index in [1.165, 1.54) is 17.8 Å². The molecule has 0 saturated heterocycles. The van der Waals surface area contributed by atoms with Crippen LogP contribution in [0.3, 0.4) is 0 Å². The Morgan fingerprint density at radius 3 is 2.88 bits per heavy atom. The summed E-state index contributed by atoms with van der Waals surface area (Å²) in [6.07, 6.45) is 3.47. The van der Waals surface area contributed by atoms with E-state index in [1.54, 1.807) is 13.1 Å². The van der Waals surface area contributed by atoms with Crippen molar-refractivity contribution in [3.8, 4) is 0 Å². The van der Waals surface area contributed by atoms with Gasteiger partial charge >= 0.3 is 5.97 Å². The second-order valence-electron chi connectivity index (χ2n) is 3.47. The van der Waals surface area contributed by atoms with Crippen molar-refractivity contribution in [1.82, 2.24) is 4.98 Å². The van der Waals surface area contributed by atoms with Gasteiger partial charge in [-0.1, -0.05) is 6.92 Å². The number of nitrogens with zero attached hydrogens (tertiary/aromatic N) is 1. The maximum atomic E-state index is 12.9. The van der Waals surface area contributed by atoms with Gasteiger partial charge in [-0.2, -0.15) is 0 Å². The zero-order chi connectivity index (χ0) is 12.7. The van der Waals surface area contributed by atoms with Crippen LogP contribution in [0.1, 0.15) is 25.8 Å². The first-order chi connectivity index (χ1) is 8.17. The molecule has 94 valence electrons. The third-order valence-corrected chi connectivity index (χ3v) is 3.56. The molecule has 1 aromatic rings. The van der Waals surface area contributed by atoms with Crippen molar-refractivity contribution in [2.24, 2.45) is 0 Å². The fraction of sp³-hybridized carbons (Fsp3) is 0.500. The number of rotatable bonds is 6. The summed E-state index contributed by atoms with van der Waals surface area (Å²) in [5.41, 5.74) is 0.776. The molecule has 1 aromatic heterocycles. The van der Waals surface area contributed by atoms with Crippen LogP contribution in [0.25, 0.3) is 0 Å². The van der Waals surface area contributed by atoms with E-state index in [9.17, 15) is 9.18 Å². The van der Waals surface area contributed by atoms with Gasteiger partial charge in [-0.25, -0.2) is 4.39 Å². The van der Waals surface area contributed by atoms with Crippen LogP contribution >= 0.6 is 11.8 Å². The number of carbonyl (C=O) groups excluding carboxylic acids is 1. The lowest BCUT2D eigenvalue weighted by Crippen LogP contribution is -2.19. The van der Waals surface area contributed by atoms with Crippen LogP contribution in [0.4, 0.5) is 4.39 Å². The van der Waals surface area contributed by atoms with Crippen LogP contribution in [0, 0.1) is 5.82 Å². The fourth-order valence-electron chi connectivity index (χ4n) is 1.32. The molecule has 0 aliphatic heterocycles. The Balaban J connectivity index is 2.50. The topological polar surface area (TPSA) is 39.2 Å².